The van der Waals surface area contributed by atoms with Gasteiger partial charge in [-0.3, -0.25) is 0 Å². The lowest BCUT2D eigenvalue weighted by Crippen LogP contribution is -2.28. The second-order valence-electron chi connectivity index (χ2n) is 4.48. The van der Waals surface area contributed by atoms with Crippen molar-refractivity contribution >= 4 is 6.16 Å². The van der Waals surface area contributed by atoms with Gasteiger partial charge in [-0.15, -0.1) is 0 Å². The maximum absolute atomic E-state index is 11.4. The Kier molecular flexibility index (Phi) is 5.34. The molecule has 1 aromatic carbocycles. The molecule has 6 heteroatoms. The van der Waals surface area contributed by atoms with Crippen LogP contribution in [-0.2, 0) is 25.6 Å². The van der Waals surface area contributed by atoms with Crippen LogP contribution in [0.4, 0.5) is 4.79 Å². The summed E-state index contributed by atoms with van der Waals surface area (Å²) in [7, 11) is 1.49. The monoisotopic (exact) mass is 282 g/mol. The van der Waals surface area contributed by atoms with Crippen LogP contribution in [0.5, 0.6) is 0 Å². The zero-order valence-corrected chi connectivity index (χ0v) is 11.2. The van der Waals surface area contributed by atoms with E-state index in [1.54, 1.807) is 0 Å². The Hall–Kier alpha value is -1.63. The summed E-state index contributed by atoms with van der Waals surface area (Å²) in [6.45, 7) is 0.0864. The van der Waals surface area contributed by atoms with E-state index in [1.165, 1.54) is 7.11 Å². The second-order valence-corrected chi connectivity index (χ2v) is 4.48. The van der Waals surface area contributed by atoms with Crippen LogP contribution in [0.1, 0.15) is 12.0 Å². The zero-order chi connectivity index (χ0) is 14.4. The van der Waals surface area contributed by atoms with Crippen LogP contribution in [0, 0.1) is 0 Å². The van der Waals surface area contributed by atoms with Gasteiger partial charge < -0.3 is 24.1 Å². The Morgan fingerprint density at radius 1 is 1.35 bits per heavy atom. The maximum Gasteiger partial charge on any atom is 0.508 e. The van der Waals surface area contributed by atoms with Crippen molar-refractivity contribution in [3.63, 3.8) is 0 Å². The van der Waals surface area contributed by atoms with Gasteiger partial charge in [-0.2, -0.15) is 0 Å². The van der Waals surface area contributed by atoms with Gasteiger partial charge in [0.2, 0.25) is 0 Å². The summed E-state index contributed by atoms with van der Waals surface area (Å²) in [5, 5.41) is 9.67. The van der Waals surface area contributed by atoms with E-state index in [4.69, 9.17) is 18.9 Å². The van der Waals surface area contributed by atoms with Crippen LogP contribution in [0.25, 0.3) is 0 Å². The molecule has 1 aromatic rings. The molecule has 1 heterocycles. The van der Waals surface area contributed by atoms with Crippen molar-refractivity contribution in [3.8, 4) is 0 Å². The highest BCUT2D eigenvalue weighted by atomic mass is 16.7. The number of carbonyl (C=O) groups excluding carboxylic acids is 1. The van der Waals surface area contributed by atoms with Gasteiger partial charge in [0.05, 0.1) is 6.10 Å². The molecule has 6 nitrogen and oxygen atoms in total. The van der Waals surface area contributed by atoms with Crippen molar-refractivity contribution in [2.45, 2.75) is 31.5 Å². The van der Waals surface area contributed by atoms with Gasteiger partial charge >= 0.3 is 6.16 Å². The topological polar surface area (TPSA) is 74.2 Å². The third-order valence-corrected chi connectivity index (χ3v) is 3.02. The molecular formula is C14H18O6. The highest BCUT2D eigenvalue weighted by Crippen LogP contribution is 2.21. The molecule has 1 aliphatic rings. The van der Waals surface area contributed by atoms with Crippen molar-refractivity contribution < 1.29 is 28.8 Å². The van der Waals surface area contributed by atoms with Crippen molar-refractivity contribution in [2.75, 3.05) is 13.7 Å². The summed E-state index contributed by atoms with van der Waals surface area (Å²) in [6, 6.07) is 9.29. The van der Waals surface area contributed by atoms with Gasteiger partial charge in [-0.05, 0) is 5.56 Å². The molecule has 0 spiro atoms. The van der Waals surface area contributed by atoms with Crippen LogP contribution in [0.3, 0.4) is 0 Å². The highest BCUT2D eigenvalue weighted by molar-refractivity contribution is 5.59. The Balaban J connectivity index is 1.68. The zero-order valence-electron chi connectivity index (χ0n) is 11.2. The molecule has 0 aromatic heterocycles. The minimum atomic E-state index is -0.787. The van der Waals surface area contributed by atoms with Crippen molar-refractivity contribution in [3.05, 3.63) is 35.9 Å². The van der Waals surface area contributed by atoms with E-state index in [1.807, 2.05) is 30.3 Å². The van der Waals surface area contributed by atoms with Crippen molar-refractivity contribution in [2.24, 2.45) is 0 Å². The fourth-order valence-corrected chi connectivity index (χ4v) is 1.90. The summed E-state index contributed by atoms with van der Waals surface area (Å²) < 4.78 is 20.2. The van der Waals surface area contributed by atoms with E-state index in [0.29, 0.717) is 6.42 Å². The molecule has 0 aliphatic carbocycles. The smallest absolute Gasteiger partial charge is 0.431 e. The van der Waals surface area contributed by atoms with Gasteiger partial charge in [0.1, 0.15) is 19.3 Å². The first-order valence-corrected chi connectivity index (χ1v) is 6.39. The number of aliphatic hydroxyl groups excluding tert-OH is 1. The molecule has 2 rings (SSSR count). The van der Waals surface area contributed by atoms with Crippen molar-refractivity contribution in [1.82, 2.24) is 0 Å². The van der Waals surface area contributed by atoms with Gasteiger partial charge in [-0.25, -0.2) is 4.79 Å². The lowest BCUT2D eigenvalue weighted by atomic mass is 10.2. The van der Waals surface area contributed by atoms with E-state index < -0.39 is 24.7 Å². The Morgan fingerprint density at radius 3 is 2.75 bits per heavy atom. The second kappa shape index (κ2) is 7.23. The predicted octanol–water partition coefficient (Wildman–Crippen LogP) is 1.46. The summed E-state index contributed by atoms with van der Waals surface area (Å²) in [5.41, 5.74) is 0.876. The van der Waals surface area contributed by atoms with Crippen LogP contribution < -0.4 is 0 Å². The van der Waals surface area contributed by atoms with E-state index in [2.05, 4.69) is 0 Å². The number of hydrogen-bond acceptors (Lipinski definition) is 6. The fraction of sp³-hybridized carbons (Fsp3) is 0.500. The molecule has 1 fully saturated rings. The third kappa shape index (κ3) is 4.19. The number of carbonyl (C=O) groups is 1. The molecule has 20 heavy (non-hydrogen) atoms. The number of methoxy groups -OCH3 is 1. The van der Waals surface area contributed by atoms with Crippen LogP contribution in [0.15, 0.2) is 30.3 Å². The van der Waals surface area contributed by atoms with E-state index >= 15 is 0 Å². The molecule has 3 atom stereocenters. The first kappa shape index (κ1) is 14.8. The Labute approximate surface area is 117 Å². The number of benzene rings is 1. The lowest BCUT2D eigenvalue weighted by Gasteiger charge is -2.14. The normalized spacial score (nSPS) is 25.4. The van der Waals surface area contributed by atoms with Crippen LogP contribution >= 0.6 is 0 Å². The van der Waals surface area contributed by atoms with E-state index in [9.17, 15) is 9.90 Å². The minimum absolute atomic E-state index is 0.0609. The Bertz CT molecular complexity index is 421. The Morgan fingerprint density at radius 2 is 2.10 bits per heavy atom. The molecule has 0 saturated carbocycles. The average molecular weight is 282 g/mol. The van der Waals surface area contributed by atoms with Gasteiger partial charge in [0.15, 0.2) is 6.29 Å². The summed E-state index contributed by atoms with van der Waals surface area (Å²) in [4.78, 5) is 11.4. The largest absolute Gasteiger partial charge is 0.508 e. The molecule has 0 bridgehead atoms. The summed E-state index contributed by atoms with van der Waals surface area (Å²) >= 11 is 0. The first-order chi connectivity index (χ1) is 9.69. The minimum Gasteiger partial charge on any atom is -0.431 e. The summed E-state index contributed by atoms with van der Waals surface area (Å²) in [5.74, 6) is 0. The average Bonchev–Trinajstić information content (AvgIpc) is 2.84. The molecule has 0 amide bonds. The third-order valence-electron chi connectivity index (χ3n) is 3.02. The molecule has 0 radical (unpaired) electrons. The van der Waals surface area contributed by atoms with Gasteiger partial charge in [-0.1, -0.05) is 30.3 Å². The molecule has 0 unspecified atom stereocenters. The van der Waals surface area contributed by atoms with Crippen molar-refractivity contribution in [1.29, 1.82) is 0 Å². The standard InChI is InChI=1S/C14H18O6/c1-17-13-7-11(15)12(20-13)9-19-14(16)18-8-10-5-3-2-4-6-10/h2-6,11-13,15H,7-9H2,1H3/t11-,12+,13-/m0/s1. The SMILES string of the molecule is CO[C@@H]1C[C@H](O)[C@@H](COC(=O)OCc2ccccc2)O1. The first-order valence-electron chi connectivity index (χ1n) is 6.39. The quantitative estimate of drug-likeness (QED) is 0.824. The number of ether oxygens (including phenoxy) is 4. The van der Waals surface area contributed by atoms with E-state index in [0.717, 1.165) is 5.56 Å². The highest BCUT2D eigenvalue weighted by Gasteiger charge is 2.34. The lowest BCUT2D eigenvalue weighted by molar-refractivity contribution is -0.130. The van der Waals surface area contributed by atoms with Crippen LogP contribution in [-0.4, -0.2) is 43.5 Å². The van der Waals surface area contributed by atoms with E-state index in [-0.39, 0.29) is 13.2 Å². The molecule has 110 valence electrons. The number of aliphatic hydroxyl groups is 1. The van der Waals surface area contributed by atoms with Crippen LogP contribution in [0.2, 0.25) is 0 Å². The molecule has 1 N–H and O–H groups in total. The number of rotatable bonds is 5. The molecule has 1 saturated heterocycles. The maximum atomic E-state index is 11.4. The predicted molar refractivity (Wildman–Crippen MR) is 68.9 cm³/mol. The molecule has 1 aliphatic heterocycles. The number of hydrogen-bond donors (Lipinski definition) is 1. The molecular weight excluding hydrogens is 264 g/mol. The van der Waals surface area contributed by atoms with Gasteiger partial charge in [0.25, 0.3) is 0 Å². The van der Waals surface area contributed by atoms with Gasteiger partial charge in [0, 0.05) is 13.5 Å². The fourth-order valence-electron chi connectivity index (χ4n) is 1.90. The summed E-state index contributed by atoms with van der Waals surface area (Å²) in [6.07, 6.45) is -2.17.